The number of methoxy groups -OCH3 is 1. The summed E-state index contributed by atoms with van der Waals surface area (Å²) in [6.07, 6.45) is 0. The first-order valence-corrected chi connectivity index (χ1v) is 9.56. The van der Waals surface area contributed by atoms with Crippen LogP contribution in [0.4, 0.5) is 5.69 Å². The first-order valence-electron chi connectivity index (χ1n) is 8.74. The van der Waals surface area contributed by atoms with Crippen LogP contribution in [0.15, 0.2) is 48.5 Å². The van der Waals surface area contributed by atoms with Gasteiger partial charge in [-0.25, -0.2) is 0 Å². The van der Waals surface area contributed by atoms with Crippen molar-refractivity contribution in [2.75, 3.05) is 25.5 Å². The van der Waals surface area contributed by atoms with Crippen molar-refractivity contribution in [2.45, 2.75) is 13.8 Å². The van der Waals surface area contributed by atoms with E-state index >= 15 is 0 Å². The van der Waals surface area contributed by atoms with E-state index in [1.165, 1.54) is 11.3 Å². The Kier molecular flexibility index (Phi) is 5.76. The molecule has 0 aliphatic rings. The normalized spacial score (nSPS) is 10.6. The molecule has 5 nitrogen and oxygen atoms in total. The number of rotatable bonds is 6. The number of amides is 2. The van der Waals surface area contributed by atoms with E-state index in [4.69, 9.17) is 4.74 Å². The van der Waals surface area contributed by atoms with Crippen LogP contribution in [-0.4, -0.2) is 36.9 Å². The molecule has 1 N–H and O–H groups in total. The van der Waals surface area contributed by atoms with Gasteiger partial charge in [0, 0.05) is 16.9 Å². The third-order valence-corrected chi connectivity index (χ3v) is 5.68. The van der Waals surface area contributed by atoms with Crippen LogP contribution in [0.3, 0.4) is 0 Å². The number of ether oxygens (including phenoxy) is 1. The van der Waals surface area contributed by atoms with Crippen LogP contribution in [0.2, 0.25) is 0 Å². The van der Waals surface area contributed by atoms with E-state index in [9.17, 15) is 9.59 Å². The van der Waals surface area contributed by atoms with E-state index in [-0.39, 0.29) is 18.4 Å². The van der Waals surface area contributed by atoms with E-state index < -0.39 is 0 Å². The Hall–Kier alpha value is -2.86. The molecule has 0 bridgehead atoms. The molecule has 140 valence electrons. The Balaban J connectivity index is 1.72. The third kappa shape index (κ3) is 4.11. The van der Waals surface area contributed by atoms with Crippen LogP contribution in [0.1, 0.15) is 22.2 Å². The monoisotopic (exact) mass is 382 g/mol. The second kappa shape index (κ2) is 8.22. The van der Waals surface area contributed by atoms with Gasteiger partial charge in [-0.15, -0.1) is 11.3 Å². The fraction of sp³-hybridized carbons (Fsp3) is 0.238. The Labute approximate surface area is 162 Å². The zero-order valence-electron chi connectivity index (χ0n) is 15.6. The molecule has 3 rings (SSSR count). The molecule has 0 saturated heterocycles. The van der Waals surface area contributed by atoms with E-state index in [1.807, 2.05) is 38.1 Å². The quantitative estimate of drug-likeness (QED) is 0.691. The van der Waals surface area contributed by atoms with Gasteiger partial charge in [0.2, 0.25) is 5.91 Å². The highest BCUT2D eigenvalue weighted by molar-refractivity contribution is 7.21. The van der Waals surface area contributed by atoms with Crippen molar-refractivity contribution in [1.29, 1.82) is 0 Å². The minimum absolute atomic E-state index is 0.00898. The summed E-state index contributed by atoms with van der Waals surface area (Å²) in [6, 6.07) is 15.1. The molecule has 0 aliphatic carbocycles. The van der Waals surface area contributed by atoms with Gasteiger partial charge in [0.15, 0.2) is 0 Å². The smallest absolute Gasteiger partial charge is 0.264 e. The Morgan fingerprint density at radius 2 is 1.81 bits per heavy atom. The number of thiophene rings is 1. The van der Waals surface area contributed by atoms with Crippen molar-refractivity contribution >= 4 is 38.9 Å². The van der Waals surface area contributed by atoms with Crippen LogP contribution in [0.5, 0.6) is 5.75 Å². The van der Waals surface area contributed by atoms with Crippen molar-refractivity contribution in [3.05, 3.63) is 59.0 Å². The first-order chi connectivity index (χ1) is 13.0. The van der Waals surface area contributed by atoms with E-state index in [2.05, 4.69) is 5.32 Å². The average Bonchev–Trinajstić information content (AvgIpc) is 3.03. The van der Waals surface area contributed by atoms with Gasteiger partial charge in [0.05, 0.1) is 12.0 Å². The summed E-state index contributed by atoms with van der Waals surface area (Å²) in [6.45, 7) is 4.30. The van der Waals surface area contributed by atoms with Gasteiger partial charge >= 0.3 is 0 Å². The number of benzene rings is 2. The topological polar surface area (TPSA) is 58.6 Å². The fourth-order valence-electron chi connectivity index (χ4n) is 2.90. The zero-order valence-corrected chi connectivity index (χ0v) is 16.4. The van der Waals surface area contributed by atoms with E-state index in [0.29, 0.717) is 17.1 Å². The molecule has 0 radical (unpaired) electrons. The largest absolute Gasteiger partial charge is 0.497 e. The second-order valence-corrected chi connectivity index (χ2v) is 7.20. The summed E-state index contributed by atoms with van der Waals surface area (Å²) in [5, 5.41) is 3.91. The maximum absolute atomic E-state index is 13.0. The van der Waals surface area contributed by atoms with Gasteiger partial charge in [-0.05, 0) is 55.1 Å². The maximum atomic E-state index is 13.0. The van der Waals surface area contributed by atoms with Crippen molar-refractivity contribution in [2.24, 2.45) is 0 Å². The van der Waals surface area contributed by atoms with E-state index in [1.54, 1.807) is 36.3 Å². The maximum Gasteiger partial charge on any atom is 0.264 e. The third-order valence-electron chi connectivity index (χ3n) is 4.42. The lowest BCUT2D eigenvalue weighted by molar-refractivity contribution is -0.116. The lowest BCUT2D eigenvalue weighted by atomic mass is 10.1. The van der Waals surface area contributed by atoms with Crippen molar-refractivity contribution < 1.29 is 14.3 Å². The van der Waals surface area contributed by atoms with Crippen LogP contribution >= 0.6 is 11.3 Å². The van der Waals surface area contributed by atoms with Crippen molar-refractivity contribution in [3.8, 4) is 5.75 Å². The molecule has 3 aromatic rings. The lowest BCUT2D eigenvalue weighted by Crippen LogP contribution is -2.37. The van der Waals surface area contributed by atoms with Crippen molar-refractivity contribution in [1.82, 2.24) is 4.90 Å². The highest BCUT2D eigenvalue weighted by atomic mass is 32.1. The van der Waals surface area contributed by atoms with Gasteiger partial charge in [0.25, 0.3) is 5.91 Å². The number of carbonyl (C=O) groups excluding carboxylic acids is 2. The predicted molar refractivity (Wildman–Crippen MR) is 110 cm³/mol. The van der Waals surface area contributed by atoms with E-state index in [0.717, 1.165) is 21.4 Å². The summed E-state index contributed by atoms with van der Waals surface area (Å²) in [4.78, 5) is 27.6. The molecule has 1 aromatic heterocycles. The Bertz CT molecular complexity index is 963. The molecule has 0 aliphatic heterocycles. The van der Waals surface area contributed by atoms with Gasteiger partial charge in [-0.2, -0.15) is 0 Å². The number of hydrogen-bond donors (Lipinski definition) is 1. The lowest BCUT2D eigenvalue weighted by Gasteiger charge is -2.20. The summed E-state index contributed by atoms with van der Waals surface area (Å²) < 4.78 is 6.19. The molecule has 0 unspecified atom stereocenters. The standard InChI is InChI=1S/C21H22N2O3S/c1-4-23(13-19(24)22-15-9-11-16(26-3)12-10-15)21(25)20-14(2)17-7-5-6-8-18(17)27-20/h5-12H,4,13H2,1-3H3,(H,22,24). The predicted octanol–water partition coefficient (Wildman–Crippen LogP) is 4.32. The SMILES string of the molecule is CCN(CC(=O)Nc1ccc(OC)cc1)C(=O)c1sc2ccccc2c1C. The number of likely N-dealkylation sites (N-methyl/N-ethyl adjacent to an activating group) is 1. The molecule has 27 heavy (non-hydrogen) atoms. The van der Waals surface area contributed by atoms with Gasteiger partial charge in [-0.1, -0.05) is 18.2 Å². The molecule has 2 amide bonds. The number of hydrogen-bond acceptors (Lipinski definition) is 4. The highest BCUT2D eigenvalue weighted by Gasteiger charge is 2.22. The number of aryl methyl sites for hydroxylation is 1. The molecule has 6 heteroatoms. The molecule has 1 heterocycles. The fourth-order valence-corrected chi connectivity index (χ4v) is 4.07. The van der Waals surface area contributed by atoms with Crippen LogP contribution in [0, 0.1) is 6.92 Å². The highest BCUT2D eigenvalue weighted by Crippen LogP contribution is 2.31. The average molecular weight is 382 g/mol. The number of nitrogens with zero attached hydrogens (tertiary/aromatic N) is 1. The van der Waals surface area contributed by atoms with Gasteiger partial charge < -0.3 is 15.0 Å². The summed E-state index contributed by atoms with van der Waals surface area (Å²) >= 11 is 1.47. The first kappa shape index (κ1) is 18.9. The van der Waals surface area contributed by atoms with Gasteiger partial charge in [0.1, 0.15) is 12.3 Å². The van der Waals surface area contributed by atoms with Gasteiger partial charge in [-0.3, -0.25) is 9.59 Å². The molecular formula is C21H22N2O3S. The minimum atomic E-state index is -0.228. The summed E-state index contributed by atoms with van der Waals surface area (Å²) in [7, 11) is 1.59. The molecule has 0 fully saturated rings. The number of anilines is 1. The number of carbonyl (C=O) groups is 2. The Morgan fingerprint density at radius 1 is 1.11 bits per heavy atom. The number of nitrogens with one attached hydrogen (secondary N) is 1. The van der Waals surface area contributed by atoms with Crippen LogP contribution in [-0.2, 0) is 4.79 Å². The zero-order chi connectivity index (χ0) is 19.4. The molecule has 0 spiro atoms. The Morgan fingerprint density at radius 3 is 2.44 bits per heavy atom. The molecule has 0 atom stereocenters. The summed E-state index contributed by atoms with van der Waals surface area (Å²) in [5.74, 6) is 0.383. The molecule has 0 saturated carbocycles. The van der Waals surface area contributed by atoms with Crippen LogP contribution in [0.25, 0.3) is 10.1 Å². The number of fused-ring (bicyclic) bond motifs is 1. The minimum Gasteiger partial charge on any atom is -0.497 e. The molecular weight excluding hydrogens is 360 g/mol. The second-order valence-electron chi connectivity index (χ2n) is 6.15. The van der Waals surface area contributed by atoms with Crippen molar-refractivity contribution in [3.63, 3.8) is 0 Å². The summed E-state index contributed by atoms with van der Waals surface area (Å²) in [5.41, 5.74) is 1.64. The molecule has 2 aromatic carbocycles. The van der Waals surface area contributed by atoms with Crippen LogP contribution < -0.4 is 10.1 Å².